The van der Waals surface area contributed by atoms with Crippen LogP contribution in [0.1, 0.15) is 57.6 Å². The second-order valence-electron chi connectivity index (χ2n) is 7.27. The van der Waals surface area contributed by atoms with Gasteiger partial charge in [0.1, 0.15) is 0 Å². The highest BCUT2D eigenvalue weighted by atomic mass is 28.2. The Bertz CT molecular complexity index is 543. The molecular formula is C21H32Si. The van der Waals surface area contributed by atoms with Gasteiger partial charge >= 0.3 is 0 Å². The summed E-state index contributed by atoms with van der Waals surface area (Å²) in [5.41, 5.74) is 4.58. The first-order valence-electron chi connectivity index (χ1n) is 8.99. The van der Waals surface area contributed by atoms with Crippen LogP contribution in [0.4, 0.5) is 0 Å². The summed E-state index contributed by atoms with van der Waals surface area (Å²) in [6.45, 7) is 11.5. The van der Waals surface area contributed by atoms with Gasteiger partial charge in [-0.05, 0) is 32.1 Å². The molecular weight excluding hydrogens is 280 g/mol. The fourth-order valence-electron chi connectivity index (χ4n) is 3.89. The minimum atomic E-state index is -0.335. The van der Waals surface area contributed by atoms with E-state index < -0.39 is 0 Å². The molecule has 0 bridgehead atoms. The molecule has 0 aliphatic heterocycles. The second-order valence-corrected chi connectivity index (χ2v) is 9.20. The molecule has 22 heavy (non-hydrogen) atoms. The normalized spacial score (nSPS) is 18.4. The largest absolute Gasteiger partial charge is 0.0875 e. The second kappa shape index (κ2) is 7.96. The average Bonchev–Trinajstić information content (AvgIpc) is 2.81. The molecule has 2 rings (SSSR count). The van der Waals surface area contributed by atoms with Gasteiger partial charge in [0.15, 0.2) is 0 Å². The summed E-state index contributed by atoms with van der Waals surface area (Å²) in [7, 11) is -0.335. The van der Waals surface area contributed by atoms with Crippen LogP contribution in [-0.2, 0) is 0 Å². The van der Waals surface area contributed by atoms with Gasteiger partial charge in [0.2, 0.25) is 0 Å². The quantitative estimate of drug-likeness (QED) is 0.502. The van der Waals surface area contributed by atoms with E-state index in [1.54, 1.807) is 16.0 Å². The SMILES string of the molecule is CCCCCC1C=CC([SiH2]c2cc(C)cc(C)c2)=C1C(C)C. The van der Waals surface area contributed by atoms with E-state index in [0.717, 1.165) is 5.92 Å². The van der Waals surface area contributed by atoms with Crippen molar-refractivity contribution in [2.75, 3.05) is 0 Å². The van der Waals surface area contributed by atoms with Crippen molar-refractivity contribution in [1.29, 1.82) is 0 Å². The van der Waals surface area contributed by atoms with Crippen molar-refractivity contribution in [3.8, 4) is 0 Å². The Hall–Kier alpha value is -1.08. The highest BCUT2D eigenvalue weighted by Crippen LogP contribution is 2.34. The van der Waals surface area contributed by atoms with Crippen LogP contribution in [0.5, 0.6) is 0 Å². The summed E-state index contributed by atoms with van der Waals surface area (Å²) in [6.07, 6.45) is 10.4. The van der Waals surface area contributed by atoms with Crippen molar-refractivity contribution in [3.63, 3.8) is 0 Å². The predicted octanol–water partition coefficient (Wildman–Crippen LogP) is 4.77. The molecule has 1 heteroatoms. The molecule has 0 heterocycles. The van der Waals surface area contributed by atoms with E-state index in [1.807, 2.05) is 0 Å². The summed E-state index contributed by atoms with van der Waals surface area (Å²) in [5.74, 6) is 1.41. The van der Waals surface area contributed by atoms with Crippen LogP contribution in [0, 0.1) is 25.7 Å². The lowest BCUT2D eigenvalue weighted by molar-refractivity contribution is 0.553. The Balaban J connectivity index is 2.17. The third kappa shape index (κ3) is 4.46. The Morgan fingerprint density at radius 1 is 1.05 bits per heavy atom. The third-order valence-electron chi connectivity index (χ3n) is 4.72. The maximum Gasteiger partial charge on any atom is 0.0875 e. The fourth-order valence-corrected chi connectivity index (χ4v) is 6.30. The summed E-state index contributed by atoms with van der Waals surface area (Å²) in [4.78, 5) is 0. The lowest BCUT2D eigenvalue weighted by Gasteiger charge is -2.19. The molecule has 1 aromatic carbocycles. The van der Waals surface area contributed by atoms with Crippen LogP contribution in [0.2, 0.25) is 0 Å². The minimum Gasteiger partial charge on any atom is -0.0775 e. The first-order valence-corrected chi connectivity index (χ1v) is 10.4. The molecule has 1 aliphatic carbocycles. The van der Waals surface area contributed by atoms with Crippen LogP contribution in [0.25, 0.3) is 0 Å². The van der Waals surface area contributed by atoms with Gasteiger partial charge < -0.3 is 0 Å². The van der Waals surface area contributed by atoms with E-state index in [9.17, 15) is 0 Å². The molecule has 0 radical (unpaired) electrons. The zero-order valence-electron chi connectivity index (χ0n) is 15.1. The molecule has 0 saturated carbocycles. The summed E-state index contributed by atoms with van der Waals surface area (Å²) < 4.78 is 0. The minimum absolute atomic E-state index is 0.335. The zero-order chi connectivity index (χ0) is 16.1. The molecule has 0 aromatic heterocycles. The van der Waals surface area contributed by atoms with E-state index in [2.05, 4.69) is 65.0 Å². The molecule has 0 nitrogen and oxygen atoms in total. The van der Waals surface area contributed by atoms with Crippen molar-refractivity contribution >= 4 is 14.7 Å². The molecule has 1 atom stereocenters. The van der Waals surface area contributed by atoms with E-state index >= 15 is 0 Å². The number of benzene rings is 1. The first kappa shape index (κ1) is 17.3. The summed E-state index contributed by atoms with van der Waals surface area (Å²) in [5, 5.41) is 3.31. The number of aryl methyl sites for hydroxylation is 2. The molecule has 0 amide bonds. The Morgan fingerprint density at radius 3 is 2.32 bits per heavy atom. The maximum absolute atomic E-state index is 2.50. The van der Waals surface area contributed by atoms with E-state index in [-0.39, 0.29) is 9.52 Å². The fraction of sp³-hybridized carbons (Fsp3) is 0.524. The van der Waals surface area contributed by atoms with Gasteiger partial charge in [0.05, 0.1) is 9.52 Å². The molecule has 120 valence electrons. The lowest BCUT2D eigenvalue weighted by Crippen LogP contribution is -2.19. The van der Waals surface area contributed by atoms with Gasteiger partial charge in [-0.25, -0.2) is 0 Å². The van der Waals surface area contributed by atoms with Crippen LogP contribution >= 0.6 is 0 Å². The van der Waals surface area contributed by atoms with E-state index in [1.165, 1.54) is 36.8 Å². The number of hydrogen-bond acceptors (Lipinski definition) is 0. The number of rotatable bonds is 7. The number of hydrogen-bond donors (Lipinski definition) is 0. The Labute approximate surface area is 139 Å². The van der Waals surface area contributed by atoms with Crippen molar-refractivity contribution in [1.82, 2.24) is 0 Å². The van der Waals surface area contributed by atoms with Crippen molar-refractivity contribution in [3.05, 3.63) is 52.2 Å². The van der Waals surface area contributed by atoms with Gasteiger partial charge in [0.25, 0.3) is 0 Å². The van der Waals surface area contributed by atoms with E-state index in [4.69, 9.17) is 0 Å². The highest BCUT2D eigenvalue weighted by Gasteiger charge is 2.22. The molecule has 0 spiro atoms. The van der Waals surface area contributed by atoms with Crippen molar-refractivity contribution < 1.29 is 0 Å². The third-order valence-corrected chi connectivity index (χ3v) is 6.56. The molecule has 0 fully saturated rings. The zero-order valence-corrected chi connectivity index (χ0v) is 16.5. The van der Waals surface area contributed by atoms with Gasteiger partial charge in [-0.3, -0.25) is 0 Å². The molecule has 1 aromatic rings. The Morgan fingerprint density at radius 2 is 1.73 bits per heavy atom. The molecule has 0 saturated heterocycles. The molecule has 1 unspecified atom stereocenters. The van der Waals surface area contributed by atoms with Crippen LogP contribution in [-0.4, -0.2) is 9.52 Å². The van der Waals surface area contributed by atoms with Crippen molar-refractivity contribution in [2.45, 2.75) is 60.3 Å². The number of unbranched alkanes of at least 4 members (excludes halogenated alkanes) is 2. The average molecular weight is 313 g/mol. The standard InChI is InChI=1S/C21H32Si/c1-6-7-8-9-18-10-11-20(21(18)15(2)3)22-19-13-16(4)12-17(5)14-19/h10-15,18H,6-9,22H2,1-5H3. The highest BCUT2D eigenvalue weighted by molar-refractivity contribution is 6.62. The topological polar surface area (TPSA) is 0 Å². The van der Waals surface area contributed by atoms with Crippen molar-refractivity contribution in [2.24, 2.45) is 11.8 Å². The van der Waals surface area contributed by atoms with Gasteiger partial charge in [-0.2, -0.15) is 0 Å². The van der Waals surface area contributed by atoms with Gasteiger partial charge in [-0.1, -0.05) is 97.5 Å². The van der Waals surface area contributed by atoms with Gasteiger partial charge in [-0.15, -0.1) is 0 Å². The summed E-state index contributed by atoms with van der Waals surface area (Å²) in [6, 6.07) is 7.10. The number of allylic oxidation sites excluding steroid dienone is 4. The Kier molecular flexibility index (Phi) is 6.25. The van der Waals surface area contributed by atoms with Crippen LogP contribution < -0.4 is 5.19 Å². The maximum atomic E-state index is 2.50. The predicted molar refractivity (Wildman–Crippen MR) is 103 cm³/mol. The first-order chi connectivity index (χ1) is 10.5. The smallest absolute Gasteiger partial charge is 0.0775 e. The van der Waals surface area contributed by atoms with Crippen LogP contribution in [0.3, 0.4) is 0 Å². The lowest BCUT2D eigenvalue weighted by atomic mass is 9.89. The monoisotopic (exact) mass is 312 g/mol. The summed E-state index contributed by atoms with van der Waals surface area (Å²) >= 11 is 0. The van der Waals surface area contributed by atoms with E-state index in [0.29, 0.717) is 5.92 Å². The molecule has 1 aliphatic rings. The van der Waals surface area contributed by atoms with Crippen LogP contribution in [0.15, 0.2) is 41.1 Å². The van der Waals surface area contributed by atoms with Gasteiger partial charge in [0, 0.05) is 0 Å². The molecule has 0 N–H and O–H groups in total.